The van der Waals surface area contributed by atoms with Gasteiger partial charge in [0.15, 0.2) is 5.96 Å². The SMILES string of the molecule is NC(=O)N[C@@H](Cc1cnc[nH]1)C(=O)NC(Cc1cscn1)C(=O)N[C@@H](CCCN=C(N)N)C(=O)N1Cc2ccccc2C[C@H]1C(N)=O. The fraction of sp³-hybridized carbons (Fsp3) is 0.379. The Morgan fingerprint density at radius 3 is 2.30 bits per heavy atom. The summed E-state index contributed by atoms with van der Waals surface area (Å²) in [4.78, 5) is 82.0. The number of primary amides is 2. The summed E-state index contributed by atoms with van der Waals surface area (Å²) in [5, 5.41) is 9.55. The highest BCUT2D eigenvalue weighted by Crippen LogP contribution is 2.24. The van der Waals surface area contributed by atoms with Crippen molar-refractivity contribution < 1.29 is 24.0 Å². The second-order valence-electron chi connectivity index (χ2n) is 11.0. The first-order valence-corrected chi connectivity index (χ1v) is 15.7. The average Bonchev–Trinajstić information content (AvgIpc) is 3.75. The molecule has 4 atom stereocenters. The van der Waals surface area contributed by atoms with Crippen LogP contribution in [0.4, 0.5) is 4.79 Å². The molecule has 0 radical (unpaired) electrons. The fourth-order valence-corrected chi connectivity index (χ4v) is 5.84. The number of urea groups is 1. The van der Waals surface area contributed by atoms with Crippen LogP contribution in [0.5, 0.6) is 0 Å². The van der Waals surface area contributed by atoms with Gasteiger partial charge in [-0.05, 0) is 24.0 Å². The minimum absolute atomic E-state index is 0.0106. The van der Waals surface area contributed by atoms with Crippen LogP contribution in [-0.2, 0) is 45.0 Å². The molecule has 2 aromatic heterocycles. The number of thiazole rings is 1. The standard InChI is InChI=1S/C29H38N12O5S/c30-24(42)23-8-16-4-1-2-5-17(16)12-41(23)27(45)20(6-3-7-35-28(31)32)38-25(43)21(10-19-13-47-15-37-19)39-26(44)22(40-29(33)46)9-18-11-34-14-36-18/h1-2,4-5,11,13-15,20-23H,3,6-10,12H2,(H2,30,42)(H,34,36)(H,38,43)(H,39,44)(H4,31,32,35)(H3,33,40,46)/t20-,21?,22-,23-/m0/s1. The van der Waals surface area contributed by atoms with Gasteiger partial charge in [-0.2, -0.15) is 0 Å². The Bertz CT molecular complexity index is 1580. The van der Waals surface area contributed by atoms with Crippen molar-refractivity contribution in [2.45, 2.75) is 62.8 Å². The van der Waals surface area contributed by atoms with Gasteiger partial charge in [-0.1, -0.05) is 24.3 Å². The van der Waals surface area contributed by atoms with E-state index in [1.54, 1.807) is 10.9 Å². The lowest BCUT2D eigenvalue weighted by molar-refractivity contribution is -0.144. The highest BCUT2D eigenvalue weighted by molar-refractivity contribution is 7.07. The summed E-state index contributed by atoms with van der Waals surface area (Å²) in [6.45, 7) is 0.285. The van der Waals surface area contributed by atoms with Crippen LogP contribution >= 0.6 is 11.3 Å². The number of aromatic amines is 1. The Morgan fingerprint density at radius 2 is 1.68 bits per heavy atom. The van der Waals surface area contributed by atoms with E-state index in [1.807, 2.05) is 24.3 Å². The third kappa shape index (κ3) is 9.73. The van der Waals surface area contributed by atoms with Gasteiger partial charge >= 0.3 is 6.03 Å². The van der Waals surface area contributed by atoms with Gasteiger partial charge in [-0.15, -0.1) is 11.3 Å². The van der Waals surface area contributed by atoms with E-state index in [0.29, 0.717) is 17.8 Å². The van der Waals surface area contributed by atoms with Gasteiger partial charge in [0.25, 0.3) is 0 Å². The monoisotopic (exact) mass is 666 g/mol. The molecule has 4 rings (SSSR count). The van der Waals surface area contributed by atoms with Gasteiger partial charge in [-0.3, -0.25) is 24.2 Å². The van der Waals surface area contributed by atoms with Crippen LogP contribution in [0.15, 0.2) is 52.7 Å². The van der Waals surface area contributed by atoms with Crippen LogP contribution in [0.2, 0.25) is 0 Å². The summed E-state index contributed by atoms with van der Waals surface area (Å²) in [6.07, 6.45) is 3.52. The topological polar surface area (TPSA) is 283 Å². The fourth-order valence-electron chi connectivity index (χ4n) is 5.27. The number of H-pyrrole nitrogens is 1. The van der Waals surface area contributed by atoms with Crippen molar-refractivity contribution in [3.05, 3.63) is 70.2 Å². The van der Waals surface area contributed by atoms with Crippen LogP contribution in [0.1, 0.15) is 35.4 Å². The average molecular weight is 667 g/mol. The number of aromatic nitrogens is 3. The number of nitrogens with two attached hydrogens (primary N) is 4. The first-order chi connectivity index (χ1) is 22.5. The predicted octanol–water partition coefficient (Wildman–Crippen LogP) is -1.85. The second-order valence-corrected chi connectivity index (χ2v) is 11.7. The van der Waals surface area contributed by atoms with Gasteiger partial charge in [0.1, 0.15) is 24.2 Å². The first-order valence-electron chi connectivity index (χ1n) is 14.7. The molecular formula is C29H38N12O5S. The molecule has 0 aliphatic carbocycles. The molecule has 0 saturated heterocycles. The lowest BCUT2D eigenvalue weighted by Crippen LogP contribution is -2.60. The van der Waals surface area contributed by atoms with E-state index in [1.165, 1.54) is 28.8 Å². The number of guanidine groups is 1. The van der Waals surface area contributed by atoms with E-state index >= 15 is 0 Å². The third-order valence-electron chi connectivity index (χ3n) is 7.56. The second kappa shape index (κ2) is 16.2. The molecule has 0 saturated carbocycles. The molecule has 1 aromatic carbocycles. The Balaban J connectivity index is 1.58. The van der Waals surface area contributed by atoms with Crippen molar-refractivity contribution in [1.82, 2.24) is 35.8 Å². The maximum absolute atomic E-state index is 14.1. The smallest absolute Gasteiger partial charge is 0.312 e. The number of nitrogens with zero attached hydrogens (tertiary/aromatic N) is 4. The van der Waals surface area contributed by atoms with E-state index in [-0.39, 0.29) is 44.7 Å². The molecule has 12 N–H and O–H groups in total. The van der Waals surface area contributed by atoms with Crippen molar-refractivity contribution in [1.29, 1.82) is 0 Å². The van der Waals surface area contributed by atoms with Crippen LogP contribution in [0, 0.1) is 0 Å². The molecule has 1 aliphatic rings. The Morgan fingerprint density at radius 1 is 0.979 bits per heavy atom. The molecule has 1 unspecified atom stereocenters. The van der Waals surface area contributed by atoms with Gasteiger partial charge in [0, 0.05) is 49.6 Å². The molecule has 0 fully saturated rings. The lowest BCUT2D eigenvalue weighted by Gasteiger charge is -2.37. The Kier molecular flexibility index (Phi) is 11.8. The quantitative estimate of drug-likeness (QED) is 0.0513. The largest absolute Gasteiger partial charge is 0.370 e. The number of imidazole rings is 1. The van der Waals surface area contributed by atoms with Crippen molar-refractivity contribution in [2.24, 2.45) is 27.9 Å². The highest BCUT2D eigenvalue weighted by Gasteiger charge is 2.38. The van der Waals surface area contributed by atoms with Crippen molar-refractivity contribution in [3.63, 3.8) is 0 Å². The molecule has 1 aliphatic heterocycles. The highest BCUT2D eigenvalue weighted by atomic mass is 32.1. The van der Waals surface area contributed by atoms with Gasteiger partial charge in [-0.25, -0.2) is 14.8 Å². The molecule has 47 heavy (non-hydrogen) atoms. The molecular weight excluding hydrogens is 628 g/mol. The zero-order valence-corrected chi connectivity index (χ0v) is 26.2. The van der Waals surface area contributed by atoms with E-state index in [0.717, 1.165) is 11.1 Å². The van der Waals surface area contributed by atoms with Gasteiger partial charge in [0.2, 0.25) is 23.6 Å². The maximum atomic E-state index is 14.1. The number of benzene rings is 1. The van der Waals surface area contributed by atoms with E-state index < -0.39 is 53.8 Å². The molecule has 0 spiro atoms. The van der Waals surface area contributed by atoms with Gasteiger partial charge in [0.05, 0.1) is 17.5 Å². The first kappa shape index (κ1) is 34.4. The van der Waals surface area contributed by atoms with Crippen molar-refractivity contribution >= 4 is 47.0 Å². The Labute approximate surface area is 274 Å². The lowest BCUT2D eigenvalue weighted by atomic mass is 9.92. The maximum Gasteiger partial charge on any atom is 0.312 e. The minimum Gasteiger partial charge on any atom is -0.370 e. The zero-order valence-electron chi connectivity index (χ0n) is 25.4. The summed E-state index contributed by atoms with van der Waals surface area (Å²) < 4.78 is 0. The number of hydrogen-bond acceptors (Lipinski definition) is 9. The number of hydrogen-bond donors (Lipinski definition) is 8. The molecule has 3 heterocycles. The number of carbonyl (C=O) groups excluding carboxylic acids is 5. The molecule has 250 valence electrons. The zero-order chi connectivity index (χ0) is 33.9. The van der Waals surface area contributed by atoms with E-state index in [4.69, 9.17) is 22.9 Å². The number of aliphatic imine (C=N–C) groups is 1. The van der Waals surface area contributed by atoms with Crippen molar-refractivity contribution in [3.8, 4) is 0 Å². The number of carbonyl (C=O) groups is 5. The molecule has 3 aromatic rings. The molecule has 17 nitrogen and oxygen atoms in total. The van der Waals surface area contributed by atoms with Gasteiger partial charge < -0.3 is 48.8 Å². The Hall–Kier alpha value is -5.52. The van der Waals surface area contributed by atoms with Crippen LogP contribution in [0.3, 0.4) is 0 Å². The normalized spacial score (nSPS) is 15.7. The summed E-state index contributed by atoms with van der Waals surface area (Å²) in [5.74, 6) is -2.74. The molecule has 0 bridgehead atoms. The van der Waals surface area contributed by atoms with Crippen LogP contribution < -0.4 is 38.9 Å². The summed E-state index contributed by atoms with van der Waals surface area (Å²) in [5.41, 5.74) is 26.4. The predicted molar refractivity (Wildman–Crippen MR) is 172 cm³/mol. The number of nitrogens with one attached hydrogen (secondary N) is 4. The summed E-state index contributed by atoms with van der Waals surface area (Å²) in [6, 6.07) is 2.02. The molecule has 18 heteroatoms. The van der Waals surface area contributed by atoms with Crippen LogP contribution in [-0.4, -0.2) is 86.2 Å². The number of rotatable bonds is 15. The minimum atomic E-state index is -1.22. The summed E-state index contributed by atoms with van der Waals surface area (Å²) >= 11 is 1.30. The van der Waals surface area contributed by atoms with Crippen molar-refractivity contribution in [2.75, 3.05) is 6.54 Å². The van der Waals surface area contributed by atoms with E-state index in [2.05, 4.69) is 35.9 Å². The van der Waals surface area contributed by atoms with E-state index in [9.17, 15) is 24.0 Å². The number of fused-ring (bicyclic) bond motifs is 1. The third-order valence-corrected chi connectivity index (χ3v) is 8.20. The number of amides is 6. The molecule has 6 amide bonds. The van der Waals surface area contributed by atoms with Crippen LogP contribution in [0.25, 0.3) is 0 Å². The summed E-state index contributed by atoms with van der Waals surface area (Å²) in [7, 11) is 0.